The normalized spacial score (nSPS) is 11.1. The Bertz CT molecular complexity index is 1020. The van der Waals surface area contributed by atoms with Gasteiger partial charge in [0.2, 0.25) is 0 Å². The third kappa shape index (κ3) is 2.64. The summed E-state index contributed by atoms with van der Waals surface area (Å²) in [4.78, 5) is 0. The highest BCUT2D eigenvalue weighted by Gasteiger charge is 2.18. The predicted octanol–water partition coefficient (Wildman–Crippen LogP) is 5.42. The maximum Gasteiger partial charge on any atom is 0.173 e. The number of aliphatic hydroxyl groups is 1. The van der Waals surface area contributed by atoms with Crippen molar-refractivity contribution in [2.45, 2.75) is 6.61 Å². The van der Waals surface area contributed by atoms with Gasteiger partial charge in [0.05, 0.1) is 12.2 Å². The summed E-state index contributed by atoms with van der Waals surface area (Å²) >= 11 is 3.46. The number of halogens is 1. The number of benzene rings is 3. The first-order valence-electron chi connectivity index (χ1n) is 7.61. The lowest BCUT2D eigenvalue weighted by molar-refractivity contribution is 0.281. The molecule has 0 bridgehead atoms. The predicted molar refractivity (Wildman–Crippen MR) is 98.5 cm³/mol. The highest BCUT2D eigenvalue weighted by Crippen LogP contribution is 2.34. The summed E-state index contributed by atoms with van der Waals surface area (Å²) in [5.41, 5.74) is 3.19. The maximum absolute atomic E-state index is 9.88. The molecule has 1 aromatic heterocycles. The van der Waals surface area contributed by atoms with Crippen LogP contribution < -0.4 is 0 Å². The fourth-order valence-corrected chi connectivity index (χ4v) is 3.28. The average molecular weight is 380 g/mol. The Labute approximate surface area is 147 Å². The molecule has 0 amide bonds. The highest BCUT2D eigenvalue weighted by molar-refractivity contribution is 9.10. The Morgan fingerprint density at radius 3 is 2.50 bits per heavy atom. The van der Waals surface area contributed by atoms with Crippen LogP contribution in [0.15, 0.2) is 75.7 Å². The molecule has 4 aromatic rings. The van der Waals surface area contributed by atoms with Gasteiger partial charge in [-0.1, -0.05) is 69.6 Å². The van der Waals surface area contributed by atoms with E-state index in [1.165, 1.54) is 5.39 Å². The molecule has 3 nitrogen and oxygen atoms in total. The van der Waals surface area contributed by atoms with E-state index in [4.69, 9.17) is 4.52 Å². The van der Waals surface area contributed by atoms with Gasteiger partial charge in [-0.3, -0.25) is 0 Å². The molecule has 4 heteroatoms. The van der Waals surface area contributed by atoms with Crippen molar-refractivity contribution in [3.63, 3.8) is 0 Å². The Morgan fingerprint density at radius 1 is 0.875 bits per heavy atom. The van der Waals surface area contributed by atoms with Gasteiger partial charge in [-0.15, -0.1) is 0 Å². The Morgan fingerprint density at radius 2 is 1.71 bits per heavy atom. The Balaban J connectivity index is 1.86. The number of rotatable bonds is 3. The molecule has 0 aliphatic carbocycles. The number of aromatic nitrogens is 1. The molecule has 24 heavy (non-hydrogen) atoms. The van der Waals surface area contributed by atoms with E-state index >= 15 is 0 Å². The zero-order chi connectivity index (χ0) is 16.5. The van der Waals surface area contributed by atoms with E-state index in [0.717, 1.165) is 21.0 Å². The molecule has 0 aliphatic heterocycles. The van der Waals surface area contributed by atoms with E-state index < -0.39 is 0 Å². The van der Waals surface area contributed by atoms with Crippen LogP contribution in [-0.4, -0.2) is 10.3 Å². The molecule has 4 rings (SSSR count). The van der Waals surface area contributed by atoms with Gasteiger partial charge < -0.3 is 9.63 Å². The van der Waals surface area contributed by atoms with Crippen LogP contribution in [0, 0.1) is 0 Å². The minimum Gasteiger partial charge on any atom is -0.391 e. The summed E-state index contributed by atoms with van der Waals surface area (Å²) in [5, 5.41) is 16.4. The van der Waals surface area contributed by atoms with Gasteiger partial charge in [0.15, 0.2) is 5.76 Å². The van der Waals surface area contributed by atoms with Crippen LogP contribution in [0.1, 0.15) is 5.56 Å². The van der Waals surface area contributed by atoms with Crippen LogP contribution in [0.5, 0.6) is 0 Å². The third-order valence-electron chi connectivity index (χ3n) is 4.06. The average Bonchev–Trinajstić information content (AvgIpc) is 3.05. The lowest BCUT2D eigenvalue weighted by Crippen LogP contribution is -1.89. The zero-order valence-electron chi connectivity index (χ0n) is 12.7. The molecular weight excluding hydrogens is 366 g/mol. The van der Waals surface area contributed by atoms with Crippen LogP contribution in [0.2, 0.25) is 0 Å². The molecule has 0 unspecified atom stereocenters. The van der Waals surface area contributed by atoms with Gasteiger partial charge in [0, 0.05) is 15.6 Å². The van der Waals surface area contributed by atoms with E-state index in [-0.39, 0.29) is 6.61 Å². The molecule has 0 radical (unpaired) electrons. The quantitative estimate of drug-likeness (QED) is 0.517. The topological polar surface area (TPSA) is 46.3 Å². The minimum atomic E-state index is -0.131. The van der Waals surface area contributed by atoms with Gasteiger partial charge >= 0.3 is 0 Å². The van der Waals surface area contributed by atoms with Gasteiger partial charge in [0.1, 0.15) is 5.69 Å². The van der Waals surface area contributed by atoms with Crippen molar-refractivity contribution >= 4 is 26.7 Å². The van der Waals surface area contributed by atoms with Crippen molar-refractivity contribution in [2.75, 3.05) is 0 Å². The standard InChI is InChI=1S/C20H14BrNO2/c21-17-7-3-6-16(11-17)20-18(12-23)19(22-24-20)15-9-8-13-4-1-2-5-14(13)10-15/h1-11,23H,12H2. The summed E-state index contributed by atoms with van der Waals surface area (Å²) < 4.78 is 6.51. The highest BCUT2D eigenvalue weighted by atomic mass is 79.9. The van der Waals surface area contributed by atoms with Crippen LogP contribution in [0.3, 0.4) is 0 Å². The van der Waals surface area contributed by atoms with E-state index in [2.05, 4.69) is 45.4 Å². The monoisotopic (exact) mass is 379 g/mol. The summed E-state index contributed by atoms with van der Waals surface area (Å²) in [6, 6.07) is 22.0. The molecule has 1 heterocycles. The van der Waals surface area contributed by atoms with E-state index in [1.807, 2.05) is 42.5 Å². The molecule has 1 N–H and O–H groups in total. The first-order chi connectivity index (χ1) is 11.8. The molecule has 0 saturated heterocycles. The summed E-state index contributed by atoms with van der Waals surface area (Å²) in [6.07, 6.45) is 0. The molecule has 3 aromatic carbocycles. The third-order valence-corrected chi connectivity index (χ3v) is 4.55. The molecule has 0 fully saturated rings. The molecule has 0 aliphatic rings. The summed E-state index contributed by atoms with van der Waals surface area (Å²) in [7, 11) is 0. The Kier molecular flexibility index (Phi) is 3.92. The van der Waals surface area contributed by atoms with Crippen molar-refractivity contribution in [2.24, 2.45) is 0 Å². The first-order valence-corrected chi connectivity index (χ1v) is 8.40. The number of hydrogen-bond donors (Lipinski definition) is 1. The fourth-order valence-electron chi connectivity index (χ4n) is 2.88. The lowest BCUT2D eigenvalue weighted by atomic mass is 10.0. The number of aliphatic hydroxyl groups excluding tert-OH is 1. The maximum atomic E-state index is 9.88. The second-order valence-corrected chi connectivity index (χ2v) is 6.48. The van der Waals surface area contributed by atoms with Crippen LogP contribution >= 0.6 is 15.9 Å². The second-order valence-electron chi connectivity index (χ2n) is 5.57. The largest absolute Gasteiger partial charge is 0.391 e. The second kappa shape index (κ2) is 6.23. The molecule has 0 saturated carbocycles. The SMILES string of the molecule is OCc1c(-c2ccc3ccccc3c2)noc1-c1cccc(Br)c1. The number of nitrogens with zero attached hydrogens (tertiary/aromatic N) is 1. The first kappa shape index (κ1) is 15.1. The molecular formula is C20H14BrNO2. The Hall–Kier alpha value is -2.43. The van der Waals surface area contributed by atoms with Crippen LogP contribution in [0.25, 0.3) is 33.4 Å². The van der Waals surface area contributed by atoms with Crippen molar-refractivity contribution in [1.29, 1.82) is 0 Å². The molecule has 0 spiro atoms. The zero-order valence-corrected chi connectivity index (χ0v) is 14.3. The summed E-state index contributed by atoms with van der Waals surface area (Å²) in [6.45, 7) is -0.131. The van der Waals surface area contributed by atoms with E-state index in [9.17, 15) is 5.11 Å². The van der Waals surface area contributed by atoms with Crippen LogP contribution in [-0.2, 0) is 6.61 Å². The van der Waals surface area contributed by atoms with Gasteiger partial charge in [-0.25, -0.2) is 0 Å². The van der Waals surface area contributed by atoms with Gasteiger partial charge in [0.25, 0.3) is 0 Å². The lowest BCUT2D eigenvalue weighted by Gasteiger charge is -2.04. The van der Waals surface area contributed by atoms with Crippen LogP contribution in [0.4, 0.5) is 0 Å². The minimum absolute atomic E-state index is 0.131. The van der Waals surface area contributed by atoms with Crippen molar-refractivity contribution in [1.82, 2.24) is 5.16 Å². The molecule has 0 atom stereocenters. The molecule has 118 valence electrons. The smallest absolute Gasteiger partial charge is 0.173 e. The van der Waals surface area contributed by atoms with Gasteiger partial charge in [-0.2, -0.15) is 0 Å². The number of hydrogen-bond acceptors (Lipinski definition) is 3. The van der Waals surface area contributed by atoms with Crippen molar-refractivity contribution in [3.05, 3.63) is 76.8 Å². The van der Waals surface area contributed by atoms with Crippen molar-refractivity contribution < 1.29 is 9.63 Å². The van der Waals surface area contributed by atoms with Crippen molar-refractivity contribution in [3.8, 4) is 22.6 Å². The fraction of sp³-hybridized carbons (Fsp3) is 0.0500. The van der Waals surface area contributed by atoms with E-state index in [1.54, 1.807) is 0 Å². The summed E-state index contributed by atoms with van der Waals surface area (Å²) in [5.74, 6) is 0.599. The van der Waals surface area contributed by atoms with Gasteiger partial charge in [-0.05, 0) is 29.0 Å². The number of fused-ring (bicyclic) bond motifs is 1. The van der Waals surface area contributed by atoms with E-state index in [0.29, 0.717) is 17.0 Å².